The second-order valence-electron chi connectivity index (χ2n) is 4.02. The lowest BCUT2D eigenvalue weighted by Gasteiger charge is -2.16. The highest BCUT2D eigenvalue weighted by Gasteiger charge is 2.10. The van der Waals surface area contributed by atoms with Gasteiger partial charge in [-0.3, -0.25) is 9.69 Å². The smallest absolute Gasteiger partial charge is 0.176 e. The monoisotopic (exact) mass is 216 g/mol. The molecule has 0 saturated carbocycles. The maximum atomic E-state index is 11.8. The molecule has 1 atom stereocenters. The van der Waals surface area contributed by atoms with Crippen molar-refractivity contribution in [2.24, 2.45) is 5.92 Å². The van der Waals surface area contributed by atoms with Gasteiger partial charge in [-0.1, -0.05) is 30.3 Å². The molecular formula is C13H16N2O. The van der Waals surface area contributed by atoms with Crippen LogP contribution in [-0.2, 0) is 0 Å². The van der Waals surface area contributed by atoms with Crippen LogP contribution in [0.5, 0.6) is 0 Å². The molecule has 1 aromatic rings. The summed E-state index contributed by atoms with van der Waals surface area (Å²) in [6, 6.07) is 11.4. The summed E-state index contributed by atoms with van der Waals surface area (Å²) in [5.74, 6) is 0.0433. The Morgan fingerprint density at radius 3 is 2.62 bits per heavy atom. The summed E-state index contributed by atoms with van der Waals surface area (Å²) in [6.07, 6.45) is 0. The molecule has 16 heavy (non-hydrogen) atoms. The normalized spacial score (nSPS) is 12.1. The minimum atomic E-state index is -0.0476. The lowest BCUT2D eigenvalue weighted by atomic mass is 10.1. The first-order chi connectivity index (χ1) is 7.63. The Bertz CT molecular complexity index is 381. The molecule has 0 aliphatic carbocycles. The van der Waals surface area contributed by atoms with Crippen LogP contribution in [0.3, 0.4) is 0 Å². The van der Waals surface area contributed by atoms with E-state index in [-0.39, 0.29) is 11.7 Å². The van der Waals surface area contributed by atoms with E-state index in [0.29, 0.717) is 13.1 Å². The first kappa shape index (κ1) is 12.4. The number of Topliss-reactive ketones (excluding diaryl/α,β-unsaturated/α-hetero) is 1. The van der Waals surface area contributed by atoms with E-state index in [1.807, 2.05) is 49.2 Å². The molecule has 1 aromatic carbocycles. The molecule has 0 aliphatic heterocycles. The molecule has 0 saturated heterocycles. The number of rotatable bonds is 5. The van der Waals surface area contributed by atoms with Gasteiger partial charge in [-0.05, 0) is 14.0 Å². The van der Waals surface area contributed by atoms with Gasteiger partial charge >= 0.3 is 0 Å². The quantitative estimate of drug-likeness (QED) is 0.707. The van der Waals surface area contributed by atoms with Gasteiger partial charge in [-0.25, -0.2) is 0 Å². The number of nitriles is 1. The van der Waals surface area contributed by atoms with Crippen molar-refractivity contribution in [3.63, 3.8) is 0 Å². The van der Waals surface area contributed by atoms with Crippen molar-refractivity contribution in [3.8, 4) is 6.07 Å². The highest BCUT2D eigenvalue weighted by atomic mass is 16.1. The maximum absolute atomic E-state index is 11.8. The Labute approximate surface area is 96.3 Å². The fraction of sp³-hybridized carbons (Fsp3) is 0.385. The summed E-state index contributed by atoms with van der Waals surface area (Å²) >= 11 is 0. The SMILES string of the molecule is CC(C#N)CN(C)CC(=O)c1ccccc1. The van der Waals surface area contributed by atoms with Gasteiger partial charge < -0.3 is 0 Å². The summed E-state index contributed by atoms with van der Waals surface area (Å²) in [7, 11) is 1.86. The van der Waals surface area contributed by atoms with Crippen LogP contribution < -0.4 is 0 Å². The van der Waals surface area contributed by atoms with Crippen molar-refractivity contribution in [3.05, 3.63) is 35.9 Å². The molecule has 0 bridgehead atoms. The van der Waals surface area contributed by atoms with Gasteiger partial charge in [0, 0.05) is 12.1 Å². The summed E-state index contributed by atoms with van der Waals surface area (Å²) < 4.78 is 0. The van der Waals surface area contributed by atoms with Gasteiger partial charge in [0.25, 0.3) is 0 Å². The van der Waals surface area contributed by atoms with E-state index in [9.17, 15) is 4.79 Å². The molecule has 0 N–H and O–H groups in total. The third kappa shape index (κ3) is 3.84. The number of nitrogens with zero attached hydrogens (tertiary/aromatic N) is 2. The van der Waals surface area contributed by atoms with E-state index in [1.165, 1.54) is 0 Å². The zero-order valence-corrected chi connectivity index (χ0v) is 9.68. The van der Waals surface area contributed by atoms with E-state index in [1.54, 1.807) is 0 Å². The van der Waals surface area contributed by atoms with E-state index in [2.05, 4.69) is 6.07 Å². The Morgan fingerprint density at radius 1 is 1.44 bits per heavy atom. The summed E-state index contributed by atoms with van der Waals surface area (Å²) in [4.78, 5) is 13.7. The summed E-state index contributed by atoms with van der Waals surface area (Å²) in [5.41, 5.74) is 0.721. The van der Waals surface area contributed by atoms with Crippen LogP contribution in [0.2, 0.25) is 0 Å². The van der Waals surface area contributed by atoms with Gasteiger partial charge in [-0.2, -0.15) is 5.26 Å². The number of carbonyl (C=O) groups excluding carboxylic acids is 1. The summed E-state index contributed by atoms with van der Waals surface area (Å²) in [5, 5.41) is 8.67. The topological polar surface area (TPSA) is 44.1 Å². The first-order valence-corrected chi connectivity index (χ1v) is 5.30. The van der Waals surface area contributed by atoms with Crippen molar-refractivity contribution in [1.29, 1.82) is 5.26 Å². The number of carbonyl (C=O) groups is 1. The van der Waals surface area contributed by atoms with Crippen LogP contribution >= 0.6 is 0 Å². The average molecular weight is 216 g/mol. The number of ketones is 1. The second-order valence-corrected chi connectivity index (χ2v) is 4.02. The first-order valence-electron chi connectivity index (χ1n) is 5.30. The molecule has 0 aliphatic rings. The van der Waals surface area contributed by atoms with E-state index in [0.717, 1.165) is 5.56 Å². The fourth-order valence-electron chi connectivity index (χ4n) is 1.53. The molecule has 0 aromatic heterocycles. The minimum Gasteiger partial charge on any atom is -0.298 e. The van der Waals surface area contributed by atoms with Crippen LogP contribution in [-0.4, -0.2) is 30.8 Å². The number of hydrogen-bond acceptors (Lipinski definition) is 3. The van der Waals surface area contributed by atoms with Crippen molar-refractivity contribution < 1.29 is 4.79 Å². The molecule has 0 spiro atoms. The third-order valence-electron chi connectivity index (χ3n) is 2.32. The van der Waals surface area contributed by atoms with Crippen LogP contribution in [0.1, 0.15) is 17.3 Å². The van der Waals surface area contributed by atoms with Crippen LogP contribution in [0.15, 0.2) is 30.3 Å². The summed E-state index contributed by atoms with van der Waals surface area (Å²) in [6.45, 7) is 2.83. The minimum absolute atomic E-state index is 0.0476. The fourth-order valence-corrected chi connectivity index (χ4v) is 1.53. The molecule has 0 heterocycles. The molecule has 3 heteroatoms. The highest BCUT2D eigenvalue weighted by molar-refractivity contribution is 5.97. The van der Waals surface area contributed by atoms with E-state index < -0.39 is 0 Å². The zero-order valence-electron chi connectivity index (χ0n) is 9.68. The number of likely N-dealkylation sites (N-methyl/N-ethyl adjacent to an activating group) is 1. The zero-order chi connectivity index (χ0) is 12.0. The predicted molar refractivity (Wildman–Crippen MR) is 63.0 cm³/mol. The maximum Gasteiger partial charge on any atom is 0.176 e. The highest BCUT2D eigenvalue weighted by Crippen LogP contribution is 2.02. The Balaban J connectivity index is 2.50. The molecule has 3 nitrogen and oxygen atoms in total. The van der Waals surface area contributed by atoms with Crippen LogP contribution in [0.25, 0.3) is 0 Å². The van der Waals surface area contributed by atoms with Gasteiger partial charge in [0.1, 0.15) is 0 Å². The molecule has 84 valence electrons. The van der Waals surface area contributed by atoms with Gasteiger partial charge in [0.2, 0.25) is 0 Å². The second kappa shape index (κ2) is 6.04. The molecule has 0 radical (unpaired) electrons. The van der Waals surface area contributed by atoms with Crippen molar-refractivity contribution in [1.82, 2.24) is 4.90 Å². The van der Waals surface area contributed by atoms with Crippen molar-refractivity contribution >= 4 is 5.78 Å². The molecule has 0 fully saturated rings. The predicted octanol–water partition coefficient (Wildman–Crippen LogP) is 1.96. The van der Waals surface area contributed by atoms with Gasteiger partial charge in [0.05, 0.1) is 18.5 Å². The van der Waals surface area contributed by atoms with Crippen LogP contribution in [0, 0.1) is 17.2 Å². The third-order valence-corrected chi connectivity index (χ3v) is 2.32. The standard InChI is InChI=1S/C13H16N2O/c1-11(8-14)9-15(2)10-13(16)12-6-4-3-5-7-12/h3-7,11H,9-10H2,1-2H3. The number of benzene rings is 1. The van der Waals surface area contributed by atoms with E-state index >= 15 is 0 Å². The Kier molecular flexibility index (Phi) is 4.68. The molecule has 1 unspecified atom stereocenters. The lowest BCUT2D eigenvalue weighted by molar-refractivity contribution is 0.0943. The molecule has 1 rings (SSSR count). The van der Waals surface area contributed by atoms with Crippen molar-refractivity contribution in [2.45, 2.75) is 6.92 Å². The lowest BCUT2D eigenvalue weighted by Crippen LogP contribution is -2.29. The number of hydrogen-bond donors (Lipinski definition) is 0. The van der Waals surface area contributed by atoms with Gasteiger partial charge in [0.15, 0.2) is 5.78 Å². The van der Waals surface area contributed by atoms with Crippen molar-refractivity contribution in [2.75, 3.05) is 20.1 Å². The Morgan fingerprint density at radius 2 is 2.06 bits per heavy atom. The Hall–Kier alpha value is -1.66. The van der Waals surface area contributed by atoms with Gasteiger partial charge in [-0.15, -0.1) is 0 Å². The van der Waals surface area contributed by atoms with E-state index in [4.69, 9.17) is 5.26 Å². The molecular weight excluding hydrogens is 200 g/mol. The molecule has 0 amide bonds. The van der Waals surface area contributed by atoms with Crippen LogP contribution in [0.4, 0.5) is 0 Å². The largest absolute Gasteiger partial charge is 0.298 e. The average Bonchev–Trinajstić information content (AvgIpc) is 2.29.